The fraction of sp³-hybridized carbons (Fsp3) is 0.324. The number of ether oxygens (including phenoxy) is 2. The van der Waals surface area contributed by atoms with Gasteiger partial charge in [0.25, 0.3) is 11.8 Å². The number of nitrogens with one attached hydrogen (secondary N) is 4. The fourth-order valence-corrected chi connectivity index (χ4v) is 5.94. The van der Waals surface area contributed by atoms with Gasteiger partial charge in [-0.1, -0.05) is 42.5 Å². The molecule has 1 saturated carbocycles. The molecule has 2 aliphatic heterocycles. The highest BCUT2D eigenvalue weighted by Crippen LogP contribution is 2.48. The molecule has 1 atom stereocenters. The average molecular weight is 698 g/mol. The summed E-state index contributed by atoms with van der Waals surface area (Å²) in [5.74, 6) is -1.47. The van der Waals surface area contributed by atoms with Gasteiger partial charge in [-0.15, -0.1) is 0 Å². The lowest BCUT2D eigenvalue weighted by Gasteiger charge is -2.27. The fourth-order valence-electron chi connectivity index (χ4n) is 5.94. The molecule has 0 bridgehead atoms. The number of likely N-dealkylation sites (N-methyl/N-ethyl adjacent to an activating group) is 1. The standard InChI is InChI=1S/C23H21N3O6.C14H18N2O3/c27-18-10-9-17(21(29)25-18)26-22(30)16-8-4-5-14(20(16)23(26)31)13-19(28)24-11-12-32-15-6-2-1-3-7-15;1-15-12(17)9-16-13(18)14(7-8-14)10-3-5-11(19-2)6-4-10/h1-8,17H,9-13H2,(H,24,28)(H,25,27,29);3-6H,7-9H2,1-2H3,(H,15,17)(H,16,18). The van der Waals surface area contributed by atoms with E-state index in [2.05, 4.69) is 21.3 Å². The largest absolute Gasteiger partial charge is 0.497 e. The lowest BCUT2D eigenvalue weighted by atomic mass is 9.95. The molecule has 1 saturated heterocycles. The van der Waals surface area contributed by atoms with Crippen molar-refractivity contribution >= 4 is 41.4 Å². The Balaban J connectivity index is 0.000000226. The first kappa shape index (κ1) is 36.2. The minimum Gasteiger partial charge on any atom is -0.497 e. The van der Waals surface area contributed by atoms with E-state index >= 15 is 0 Å². The van der Waals surface area contributed by atoms with Crippen molar-refractivity contribution in [3.63, 3.8) is 0 Å². The Morgan fingerprint density at radius 1 is 0.863 bits per heavy atom. The molecular formula is C37H39N5O9. The van der Waals surface area contributed by atoms with Gasteiger partial charge in [0, 0.05) is 13.5 Å². The number of hydrogen-bond donors (Lipinski definition) is 4. The van der Waals surface area contributed by atoms with Crippen LogP contribution in [-0.4, -0.2) is 86.1 Å². The van der Waals surface area contributed by atoms with E-state index in [1.165, 1.54) is 6.07 Å². The van der Waals surface area contributed by atoms with E-state index < -0.39 is 35.1 Å². The zero-order chi connectivity index (χ0) is 36.5. The molecule has 7 amide bonds. The molecule has 6 rings (SSSR count). The first-order valence-electron chi connectivity index (χ1n) is 16.5. The molecule has 51 heavy (non-hydrogen) atoms. The van der Waals surface area contributed by atoms with Crippen molar-refractivity contribution in [2.75, 3.05) is 33.9 Å². The van der Waals surface area contributed by atoms with E-state index in [-0.39, 0.29) is 67.8 Å². The van der Waals surface area contributed by atoms with Crippen molar-refractivity contribution < 1.29 is 43.0 Å². The Labute approximate surface area is 294 Å². The topological polar surface area (TPSA) is 189 Å². The van der Waals surface area contributed by atoms with E-state index in [0.717, 1.165) is 29.1 Å². The number of imide groups is 2. The summed E-state index contributed by atoms with van der Waals surface area (Å²) < 4.78 is 10.6. The molecule has 2 fully saturated rings. The van der Waals surface area contributed by atoms with Crippen LogP contribution in [0.5, 0.6) is 11.5 Å². The maximum Gasteiger partial charge on any atom is 0.262 e. The molecule has 266 valence electrons. The molecule has 2 heterocycles. The van der Waals surface area contributed by atoms with Crippen LogP contribution in [-0.2, 0) is 35.8 Å². The lowest BCUT2D eigenvalue weighted by Crippen LogP contribution is -2.54. The summed E-state index contributed by atoms with van der Waals surface area (Å²) in [6, 6.07) is 20.4. The van der Waals surface area contributed by atoms with Gasteiger partial charge in [-0.3, -0.25) is 43.8 Å². The van der Waals surface area contributed by atoms with Crippen LogP contribution < -0.4 is 30.7 Å². The second kappa shape index (κ2) is 16.1. The average Bonchev–Trinajstić information content (AvgIpc) is 3.91. The zero-order valence-corrected chi connectivity index (χ0v) is 28.3. The van der Waals surface area contributed by atoms with Gasteiger partial charge in [0.1, 0.15) is 24.1 Å². The Hall–Kier alpha value is -6.05. The minimum absolute atomic E-state index is 0.0211. The molecule has 14 heteroatoms. The number of nitrogens with zero attached hydrogens (tertiary/aromatic N) is 1. The van der Waals surface area contributed by atoms with Crippen LogP contribution in [0.15, 0.2) is 72.8 Å². The molecule has 14 nitrogen and oxygen atoms in total. The van der Waals surface area contributed by atoms with Crippen molar-refractivity contribution in [2.45, 2.75) is 43.6 Å². The van der Waals surface area contributed by atoms with Gasteiger partial charge in [-0.25, -0.2) is 0 Å². The number of para-hydroxylation sites is 1. The lowest BCUT2D eigenvalue weighted by molar-refractivity contribution is -0.136. The van der Waals surface area contributed by atoms with Crippen LogP contribution in [0.3, 0.4) is 0 Å². The van der Waals surface area contributed by atoms with Crippen LogP contribution in [0, 0.1) is 0 Å². The third-order valence-corrected chi connectivity index (χ3v) is 8.86. The van der Waals surface area contributed by atoms with Gasteiger partial charge in [0.05, 0.1) is 43.2 Å². The number of hydrogen-bond acceptors (Lipinski definition) is 9. The number of carbonyl (C=O) groups is 7. The third-order valence-electron chi connectivity index (χ3n) is 8.86. The monoisotopic (exact) mass is 697 g/mol. The van der Waals surface area contributed by atoms with Crippen molar-refractivity contribution in [3.8, 4) is 11.5 Å². The number of rotatable bonds is 12. The third kappa shape index (κ3) is 8.40. The summed E-state index contributed by atoms with van der Waals surface area (Å²) >= 11 is 0. The van der Waals surface area contributed by atoms with Gasteiger partial charge < -0.3 is 25.4 Å². The normalized spacial score (nSPS) is 16.9. The summed E-state index contributed by atoms with van der Waals surface area (Å²) in [5, 5.41) is 10.0. The van der Waals surface area contributed by atoms with E-state index in [4.69, 9.17) is 9.47 Å². The Bertz CT molecular complexity index is 1820. The molecule has 0 aromatic heterocycles. The molecule has 3 aromatic rings. The summed E-state index contributed by atoms with van der Waals surface area (Å²) in [7, 11) is 3.16. The van der Waals surface area contributed by atoms with Crippen LogP contribution in [0.1, 0.15) is 57.5 Å². The number of methoxy groups -OCH3 is 1. The second-order valence-corrected chi connectivity index (χ2v) is 12.1. The van der Waals surface area contributed by atoms with Gasteiger partial charge >= 0.3 is 0 Å². The number of fused-ring (bicyclic) bond motifs is 1. The van der Waals surface area contributed by atoms with Gasteiger partial charge in [-0.05, 0) is 60.7 Å². The highest BCUT2D eigenvalue weighted by atomic mass is 16.5. The Kier molecular flexibility index (Phi) is 11.4. The maximum absolute atomic E-state index is 13.0. The number of carbonyl (C=O) groups excluding carboxylic acids is 7. The predicted molar refractivity (Wildman–Crippen MR) is 183 cm³/mol. The molecule has 3 aromatic carbocycles. The number of benzene rings is 3. The van der Waals surface area contributed by atoms with Crippen LogP contribution >= 0.6 is 0 Å². The van der Waals surface area contributed by atoms with Crippen molar-refractivity contribution in [2.24, 2.45) is 0 Å². The maximum atomic E-state index is 13.0. The number of piperidine rings is 1. The zero-order valence-electron chi connectivity index (χ0n) is 28.3. The predicted octanol–water partition coefficient (Wildman–Crippen LogP) is 1.41. The molecule has 1 unspecified atom stereocenters. The molecule has 1 aliphatic carbocycles. The van der Waals surface area contributed by atoms with Crippen LogP contribution in [0.2, 0.25) is 0 Å². The molecule has 0 spiro atoms. The SMILES string of the molecule is CNC(=O)CNC(=O)C1(c2ccc(OC)cc2)CC1.O=C(Cc1cccc2c1C(=O)N(C1CCC(=O)NC1=O)C2=O)NCCOc1ccccc1. The highest BCUT2D eigenvalue weighted by Gasteiger charge is 2.51. The molecule has 4 N–H and O–H groups in total. The summed E-state index contributed by atoms with van der Waals surface area (Å²) in [5.41, 5.74) is 1.19. The van der Waals surface area contributed by atoms with Crippen molar-refractivity contribution in [3.05, 3.63) is 95.1 Å². The van der Waals surface area contributed by atoms with Gasteiger partial charge in [0.2, 0.25) is 29.5 Å². The quantitative estimate of drug-likeness (QED) is 0.160. The highest BCUT2D eigenvalue weighted by molar-refractivity contribution is 6.24. The van der Waals surface area contributed by atoms with Crippen molar-refractivity contribution in [1.82, 2.24) is 26.2 Å². The van der Waals surface area contributed by atoms with Crippen molar-refractivity contribution in [1.29, 1.82) is 0 Å². The molecule has 0 radical (unpaired) electrons. The van der Waals surface area contributed by atoms with E-state index in [1.54, 1.807) is 26.3 Å². The summed E-state index contributed by atoms with van der Waals surface area (Å²) in [6.07, 6.45) is 1.66. The van der Waals surface area contributed by atoms with Gasteiger partial charge in [0.15, 0.2) is 0 Å². The summed E-state index contributed by atoms with van der Waals surface area (Å²) in [6.45, 7) is 0.578. The van der Waals surface area contributed by atoms with Gasteiger partial charge in [-0.2, -0.15) is 0 Å². The van der Waals surface area contributed by atoms with E-state index in [0.29, 0.717) is 11.3 Å². The molecular weight excluding hydrogens is 658 g/mol. The Morgan fingerprint density at radius 3 is 2.24 bits per heavy atom. The number of amides is 7. The first-order chi connectivity index (χ1) is 24.6. The second-order valence-electron chi connectivity index (χ2n) is 12.1. The van der Waals surface area contributed by atoms with E-state index in [1.807, 2.05) is 54.6 Å². The Morgan fingerprint density at radius 2 is 1.59 bits per heavy atom. The van der Waals surface area contributed by atoms with E-state index in [9.17, 15) is 33.6 Å². The first-order valence-corrected chi connectivity index (χ1v) is 16.5. The van der Waals surface area contributed by atoms with Crippen LogP contribution in [0.25, 0.3) is 0 Å². The minimum atomic E-state index is -1.04. The van der Waals surface area contributed by atoms with Crippen LogP contribution in [0.4, 0.5) is 0 Å². The molecule has 3 aliphatic rings. The smallest absolute Gasteiger partial charge is 0.262 e. The summed E-state index contributed by atoms with van der Waals surface area (Å²) in [4.78, 5) is 86.1.